The minimum absolute atomic E-state index is 0.231. The average molecular weight is 454 g/mol. The summed E-state index contributed by atoms with van der Waals surface area (Å²) in [7, 11) is -3.56. The molecule has 32 heavy (non-hydrogen) atoms. The maximum atomic E-state index is 13.1. The van der Waals surface area contributed by atoms with Crippen molar-refractivity contribution in [3.8, 4) is 0 Å². The molecule has 0 spiro atoms. The number of anilines is 1. The van der Waals surface area contributed by atoms with Crippen LogP contribution in [0.15, 0.2) is 64.0 Å². The summed E-state index contributed by atoms with van der Waals surface area (Å²) in [6.45, 7) is 4.41. The molecule has 3 aromatic rings. The Bertz CT molecular complexity index is 1160. The summed E-state index contributed by atoms with van der Waals surface area (Å²) in [6, 6.07) is 16.6. The number of nitrogens with one attached hydrogen (secondary N) is 1. The summed E-state index contributed by atoms with van der Waals surface area (Å²) in [5, 5.41) is 6.55. The minimum Gasteiger partial charge on any atom is -0.361 e. The molecule has 0 aliphatic carbocycles. The number of aromatic nitrogens is 1. The molecule has 0 atom stereocenters. The fourth-order valence-electron chi connectivity index (χ4n) is 4.16. The molecule has 2 heterocycles. The first-order chi connectivity index (χ1) is 15.3. The molecule has 168 valence electrons. The molecule has 1 aliphatic heterocycles. The maximum Gasteiger partial charge on any atom is 0.261 e. The molecule has 1 N–H and O–H groups in total. The first-order valence-electron chi connectivity index (χ1n) is 10.7. The molecule has 1 amide bonds. The SMILES string of the molecule is Cc1noc(C)c1C(=O)Nc1ccc(S(=O)(=O)N2CCC(Cc3ccccc3)CC2)cc1. The van der Waals surface area contributed by atoms with Crippen LogP contribution in [0.3, 0.4) is 0 Å². The largest absolute Gasteiger partial charge is 0.361 e. The Morgan fingerprint density at radius 1 is 1.06 bits per heavy atom. The highest BCUT2D eigenvalue weighted by atomic mass is 32.2. The van der Waals surface area contributed by atoms with Gasteiger partial charge in [-0.3, -0.25) is 4.79 Å². The first-order valence-corrected chi connectivity index (χ1v) is 12.2. The number of carbonyl (C=O) groups is 1. The molecule has 0 saturated carbocycles. The summed E-state index contributed by atoms with van der Waals surface area (Å²) in [6.07, 6.45) is 2.67. The molecular formula is C24H27N3O4S. The summed E-state index contributed by atoms with van der Waals surface area (Å²) >= 11 is 0. The van der Waals surface area contributed by atoms with Gasteiger partial charge in [0, 0.05) is 18.8 Å². The molecule has 1 fully saturated rings. The van der Waals surface area contributed by atoms with Crippen molar-refractivity contribution in [1.82, 2.24) is 9.46 Å². The predicted molar refractivity (Wildman–Crippen MR) is 122 cm³/mol. The number of carbonyl (C=O) groups excluding carboxylic acids is 1. The van der Waals surface area contributed by atoms with Gasteiger partial charge in [-0.15, -0.1) is 0 Å². The van der Waals surface area contributed by atoms with Crippen molar-refractivity contribution in [3.63, 3.8) is 0 Å². The standard InChI is InChI=1S/C24H27N3O4S/c1-17-23(18(2)31-26-17)24(28)25-21-8-10-22(11-9-21)32(29,30)27-14-12-20(13-15-27)16-19-6-4-3-5-7-19/h3-11,20H,12-16H2,1-2H3,(H,25,28). The van der Waals surface area contributed by atoms with E-state index in [4.69, 9.17) is 4.52 Å². The molecule has 0 radical (unpaired) electrons. The Hall–Kier alpha value is -2.97. The van der Waals surface area contributed by atoms with E-state index in [-0.39, 0.29) is 10.8 Å². The molecule has 1 aromatic heterocycles. The van der Waals surface area contributed by atoms with E-state index in [9.17, 15) is 13.2 Å². The highest BCUT2D eigenvalue weighted by molar-refractivity contribution is 7.89. The number of rotatable bonds is 6. The van der Waals surface area contributed by atoms with Crippen molar-refractivity contribution >= 4 is 21.6 Å². The monoisotopic (exact) mass is 453 g/mol. The molecule has 8 heteroatoms. The lowest BCUT2D eigenvalue weighted by Crippen LogP contribution is -2.38. The number of piperidine rings is 1. The number of nitrogens with zero attached hydrogens (tertiary/aromatic N) is 2. The van der Waals surface area contributed by atoms with Crippen molar-refractivity contribution in [1.29, 1.82) is 0 Å². The van der Waals surface area contributed by atoms with Crippen LogP contribution in [-0.2, 0) is 16.4 Å². The highest BCUT2D eigenvalue weighted by Gasteiger charge is 2.29. The summed E-state index contributed by atoms with van der Waals surface area (Å²) in [5.41, 5.74) is 2.70. The van der Waals surface area contributed by atoms with Crippen molar-refractivity contribution in [3.05, 3.63) is 77.2 Å². The van der Waals surface area contributed by atoms with Gasteiger partial charge >= 0.3 is 0 Å². The van der Waals surface area contributed by atoms with Gasteiger partial charge in [-0.05, 0) is 68.9 Å². The molecule has 1 saturated heterocycles. The Kier molecular flexibility index (Phi) is 6.43. The van der Waals surface area contributed by atoms with Crippen LogP contribution in [0.1, 0.15) is 40.2 Å². The van der Waals surface area contributed by atoms with E-state index < -0.39 is 10.0 Å². The van der Waals surface area contributed by atoms with Gasteiger partial charge in [0.1, 0.15) is 11.3 Å². The van der Waals surface area contributed by atoms with Crippen LogP contribution < -0.4 is 5.32 Å². The van der Waals surface area contributed by atoms with E-state index in [1.807, 2.05) is 18.2 Å². The zero-order valence-electron chi connectivity index (χ0n) is 18.2. The van der Waals surface area contributed by atoms with Crippen LogP contribution >= 0.6 is 0 Å². The molecule has 4 rings (SSSR count). The molecule has 7 nitrogen and oxygen atoms in total. The predicted octanol–water partition coefficient (Wildman–Crippen LogP) is 4.19. The van der Waals surface area contributed by atoms with E-state index in [2.05, 4.69) is 22.6 Å². The maximum absolute atomic E-state index is 13.1. The molecule has 0 unspecified atom stereocenters. The zero-order chi connectivity index (χ0) is 22.7. The van der Waals surface area contributed by atoms with Crippen LogP contribution in [-0.4, -0.2) is 36.9 Å². The topological polar surface area (TPSA) is 92.5 Å². The summed E-state index contributed by atoms with van der Waals surface area (Å²) in [5.74, 6) is 0.595. The van der Waals surface area contributed by atoms with Gasteiger partial charge in [-0.2, -0.15) is 4.31 Å². The number of benzene rings is 2. The lowest BCUT2D eigenvalue weighted by molar-refractivity contribution is 0.102. The van der Waals surface area contributed by atoms with E-state index in [1.54, 1.807) is 30.3 Å². The third kappa shape index (κ3) is 4.76. The van der Waals surface area contributed by atoms with Gasteiger partial charge in [-0.25, -0.2) is 8.42 Å². The van der Waals surface area contributed by atoms with Crippen LogP contribution in [0.5, 0.6) is 0 Å². The zero-order valence-corrected chi connectivity index (χ0v) is 19.1. The van der Waals surface area contributed by atoms with Gasteiger partial charge < -0.3 is 9.84 Å². The Balaban J connectivity index is 1.37. The molecule has 0 bridgehead atoms. The fourth-order valence-corrected chi connectivity index (χ4v) is 5.63. The third-order valence-electron chi connectivity index (χ3n) is 5.95. The second kappa shape index (κ2) is 9.26. The van der Waals surface area contributed by atoms with Crippen LogP contribution in [0.2, 0.25) is 0 Å². The van der Waals surface area contributed by atoms with Crippen LogP contribution in [0.4, 0.5) is 5.69 Å². The molecular weight excluding hydrogens is 426 g/mol. The van der Waals surface area contributed by atoms with E-state index in [1.165, 1.54) is 17.7 Å². The first kappa shape index (κ1) is 22.2. The Morgan fingerprint density at radius 2 is 1.72 bits per heavy atom. The van der Waals surface area contributed by atoms with Gasteiger partial charge in [0.15, 0.2) is 0 Å². The fraction of sp³-hybridized carbons (Fsp3) is 0.333. The number of sulfonamides is 1. The second-order valence-corrected chi connectivity index (χ2v) is 10.2. The van der Waals surface area contributed by atoms with Crippen molar-refractivity contribution in [2.75, 3.05) is 18.4 Å². The van der Waals surface area contributed by atoms with Gasteiger partial charge in [0.05, 0.1) is 10.6 Å². The minimum atomic E-state index is -3.56. The Morgan fingerprint density at radius 3 is 2.31 bits per heavy atom. The van der Waals surface area contributed by atoms with E-state index in [0.29, 0.717) is 41.7 Å². The van der Waals surface area contributed by atoms with Crippen molar-refractivity contribution in [2.45, 2.75) is 38.0 Å². The lowest BCUT2D eigenvalue weighted by atomic mass is 9.91. The third-order valence-corrected chi connectivity index (χ3v) is 7.86. The van der Waals surface area contributed by atoms with E-state index >= 15 is 0 Å². The molecule has 2 aromatic carbocycles. The normalized spacial score (nSPS) is 15.6. The van der Waals surface area contributed by atoms with Gasteiger partial charge in [0.2, 0.25) is 10.0 Å². The number of hydrogen-bond donors (Lipinski definition) is 1. The van der Waals surface area contributed by atoms with Gasteiger partial charge in [-0.1, -0.05) is 35.5 Å². The van der Waals surface area contributed by atoms with E-state index in [0.717, 1.165) is 19.3 Å². The van der Waals surface area contributed by atoms with Crippen LogP contribution in [0.25, 0.3) is 0 Å². The number of amides is 1. The van der Waals surface area contributed by atoms with Crippen LogP contribution in [0, 0.1) is 19.8 Å². The summed E-state index contributed by atoms with van der Waals surface area (Å²) in [4.78, 5) is 12.7. The van der Waals surface area contributed by atoms with Crippen molar-refractivity contribution < 1.29 is 17.7 Å². The molecule has 1 aliphatic rings. The smallest absolute Gasteiger partial charge is 0.261 e. The summed E-state index contributed by atoms with van der Waals surface area (Å²) < 4.78 is 32.8. The Labute approximate surface area is 188 Å². The van der Waals surface area contributed by atoms with Crippen molar-refractivity contribution in [2.24, 2.45) is 5.92 Å². The average Bonchev–Trinajstić information content (AvgIpc) is 3.13. The van der Waals surface area contributed by atoms with Gasteiger partial charge in [0.25, 0.3) is 5.91 Å². The lowest BCUT2D eigenvalue weighted by Gasteiger charge is -2.31. The highest BCUT2D eigenvalue weighted by Crippen LogP contribution is 2.27. The quantitative estimate of drug-likeness (QED) is 0.604. The second-order valence-electron chi connectivity index (χ2n) is 8.21. The number of aryl methyl sites for hydroxylation is 2. The number of hydrogen-bond acceptors (Lipinski definition) is 5.